The molecule has 0 bridgehead atoms. The standard InChI is InChI=1S/C12H24N2O/c1-9(2)14-11(12(13)15)8-10-6-4-3-5-7-10/h9-11,14H,3-8H2,1-2H3,(H2,13,15)/t11-/m0/s1. The van der Waals surface area contributed by atoms with E-state index in [1.54, 1.807) is 0 Å². The van der Waals surface area contributed by atoms with Crippen LogP contribution in [0.1, 0.15) is 52.4 Å². The van der Waals surface area contributed by atoms with E-state index in [9.17, 15) is 4.79 Å². The van der Waals surface area contributed by atoms with Gasteiger partial charge in [-0.2, -0.15) is 0 Å². The Labute approximate surface area is 92.8 Å². The van der Waals surface area contributed by atoms with Crippen molar-refractivity contribution in [3.05, 3.63) is 0 Å². The number of hydrogen-bond acceptors (Lipinski definition) is 2. The monoisotopic (exact) mass is 212 g/mol. The van der Waals surface area contributed by atoms with Crippen LogP contribution in [0.5, 0.6) is 0 Å². The predicted molar refractivity (Wildman–Crippen MR) is 62.4 cm³/mol. The highest BCUT2D eigenvalue weighted by Gasteiger charge is 2.22. The van der Waals surface area contributed by atoms with E-state index in [0.717, 1.165) is 6.42 Å². The lowest BCUT2D eigenvalue weighted by Gasteiger charge is -2.26. The summed E-state index contributed by atoms with van der Waals surface area (Å²) in [5.41, 5.74) is 5.40. The molecule has 88 valence electrons. The van der Waals surface area contributed by atoms with Crippen molar-refractivity contribution in [3.63, 3.8) is 0 Å². The number of hydrogen-bond donors (Lipinski definition) is 2. The van der Waals surface area contributed by atoms with Gasteiger partial charge in [0.1, 0.15) is 0 Å². The predicted octanol–water partition coefficient (Wildman–Crippen LogP) is 1.81. The molecule has 1 aliphatic rings. The summed E-state index contributed by atoms with van der Waals surface area (Å²) >= 11 is 0. The van der Waals surface area contributed by atoms with Crippen LogP contribution in [0.3, 0.4) is 0 Å². The van der Waals surface area contributed by atoms with Crippen molar-refractivity contribution in [1.29, 1.82) is 0 Å². The fourth-order valence-electron chi connectivity index (χ4n) is 2.42. The summed E-state index contributed by atoms with van der Waals surface area (Å²) in [6.45, 7) is 4.10. The van der Waals surface area contributed by atoms with Crippen molar-refractivity contribution in [1.82, 2.24) is 5.32 Å². The Bertz CT molecular complexity index is 198. The zero-order valence-electron chi connectivity index (χ0n) is 9.96. The maximum absolute atomic E-state index is 11.3. The molecule has 0 saturated heterocycles. The Morgan fingerprint density at radius 2 is 1.93 bits per heavy atom. The quantitative estimate of drug-likeness (QED) is 0.730. The van der Waals surface area contributed by atoms with Gasteiger partial charge in [-0.3, -0.25) is 4.79 Å². The van der Waals surface area contributed by atoms with Crippen LogP contribution in [0.25, 0.3) is 0 Å². The summed E-state index contributed by atoms with van der Waals surface area (Å²) in [4.78, 5) is 11.3. The first-order chi connectivity index (χ1) is 7.09. The van der Waals surface area contributed by atoms with Crippen molar-refractivity contribution in [3.8, 4) is 0 Å². The fourth-order valence-corrected chi connectivity index (χ4v) is 2.42. The lowest BCUT2D eigenvalue weighted by Crippen LogP contribution is -2.45. The molecule has 0 unspecified atom stereocenters. The van der Waals surface area contributed by atoms with Crippen molar-refractivity contribution in [2.75, 3.05) is 0 Å². The zero-order valence-corrected chi connectivity index (χ0v) is 9.96. The highest BCUT2D eigenvalue weighted by atomic mass is 16.1. The molecule has 0 heterocycles. The van der Waals surface area contributed by atoms with Gasteiger partial charge in [-0.15, -0.1) is 0 Å². The SMILES string of the molecule is CC(C)N[C@@H](CC1CCCCC1)C(N)=O. The van der Waals surface area contributed by atoms with Gasteiger partial charge in [0.05, 0.1) is 6.04 Å². The molecule has 1 fully saturated rings. The third kappa shape index (κ3) is 4.65. The van der Waals surface area contributed by atoms with Crippen LogP contribution in [0.15, 0.2) is 0 Å². The Balaban J connectivity index is 2.38. The second-order valence-corrected chi connectivity index (χ2v) is 5.02. The normalized spacial score (nSPS) is 20.5. The average molecular weight is 212 g/mol. The average Bonchev–Trinajstić information content (AvgIpc) is 2.17. The summed E-state index contributed by atoms with van der Waals surface area (Å²) in [5, 5.41) is 3.25. The summed E-state index contributed by atoms with van der Waals surface area (Å²) in [6.07, 6.45) is 7.45. The second-order valence-electron chi connectivity index (χ2n) is 5.02. The first-order valence-corrected chi connectivity index (χ1v) is 6.15. The number of rotatable bonds is 5. The van der Waals surface area contributed by atoms with E-state index in [4.69, 9.17) is 5.73 Å². The highest BCUT2D eigenvalue weighted by Crippen LogP contribution is 2.27. The summed E-state index contributed by atoms with van der Waals surface area (Å²) < 4.78 is 0. The molecule has 1 rings (SSSR count). The highest BCUT2D eigenvalue weighted by molar-refractivity contribution is 5.79. The van der Waals surface area contributed by atoms with E-state index in [0.29, 0.717) is 12.0 Å². The van der Waals surface area contributed by atoms with Gasteiger partial charge < -0.3 is 11.1 Å². The zero-order chi connectivity index (χ0) is 11.3. The largest absolute Gasteiger partial charge is 0.368 e. The van der Waals surface area contributed by atoms with Gasteiger partial charge in [0.15, 0.2) is 0 Å². The van der Waals surface area contributed by atoms with Gasteiger partial charge in [0.25, 0.3) is 0 Å². The summed E-state index contributed by atoms with van der Waals surface area (Å²) in [5.74, 6) is 0.497. The minimum absolute atomic E-state index is 0.131. The topological polar surface area (TPSA) is 55.1 Å². The van der Waals surface area contributed by atoms with Crippen LogP contribution < -0.4 is 11.1 Å². The number of nitrogens with one attached hydrogen (secondary N) is 1. The molecule has 3 N–H and O–H groups in total. The number of nitrogens with two attached hydrogens (primary N) is 1. The van der Waals surface area contributed by atoms with E-state index in [1.165, 1.54) is 32.1 Å². The maximum Gasteiger partial charge on any atom is 0.234 e. The Morgan fingerprint density at radius 3 is 2.40 bits per heavy atom. The van der Waals surface area contributed by atoms with Gasteiger partial charge >= 0.3 is 0 Å². The first kappa shape index (κ1) is 12.5. The van der Waals surface area contributed by atoms with Gasteiger partial charge in [0, 0.05) is 6.04 Å². The third-order valence-electron chi connectivity index (χ3n) is 3.17. The van der Waals surface area contributed by atoms with Crippen molar-refractivity contribution >= 4 is 5.91 Å². The molecule has 0 aliphatic heterocycles. The fraction of sp³-hybridized carbons (Fsp3) is 0.917. The lowest BCUT2D eigenvalue weighted by atomic mass is 9.84. The van der Waals surface area contributed by atoms with Crippen LogP contribution in [-0.2, 0) is 4.79 Å². The molecule has 0 aromatic heterocycles. The molecule has 1 atom stereocenters. The van der Waals surface area contributed by atoms with Gasteiger partial charge in [-0.25, -0.2) is 0 Å². The van der Waals surface area contributed by atoms with Crippen LogP contribution >= 0.6 is 0 Å². The number of carbonyl (C=O) groups excluding carboxylic acids is 1. The molecular formula is C12H24N2O. The maximum atomic E-state index is 11.3. The number of primary amides is 1. The molecule has 0 spiro atoms. The Morgan fingerprint density at radius 1 is 1.33 bits per heavy atom. The Hall–Kier alpha value is -0.570. The molecule has 15 heavy (non-hydrogen) atoms. The van der Waals surface area contributed by atoms with Gasteiger partial charge in [0.2, 0.25) is 5.91 Å². The Kier molecular flexibility index (Phi) is 5.09. The van der Waals surface area contributed by atoms with Gasteiger partial charge in [-0.1, -0.05) is 46.0 Å². The summed E-state index contributed by atoms with van der Waals surface area (Å²) in [6, 6.07) is 0.194. The van der Waals surface area contributed by atoms with E-state index >= 15 is 0 Å². The molecule has 0 aromatic rings. The van der Waals surface area contributed by atoms with Crippen molar-refractivity contribution in [2.45, 2.75) is 64.5 Å². The van der Waals surface area contributed by atoms with E-state index < -0.39 is 0 Å². The van der Waals surface area contributed by atoms with Crippen LogP contribution in [0, 0.1) is 5.92 Å². The van der Waals surface area contributed by atoms with Crippen molar-refractivity contribution < 1.29 is 4.79 Å². The van der Waals surface area contributed by atoms with Crippen molar-refractivity contribution in [2.24, 2.45) is 11.7 Å². The smallest absolute Gasteiger partial charge is 0.234 e. The van der Waals surface area contributed by atoms with Crippen LogP contribution in [0.2, 0.25) is 0 Å². The molecule has 3 heteroatoms. The third-order valence-corrected chi connectivity index (χ3v) is 3.17. The second kappa shape index (κ2) is 6.11. The minimum atomic E-state index is -0.200. The minimum Gasteiger partial charge on any atom is -0.368 e. The molecule has 1 amide bonds. The lowest BCUT2D eigenvalue weighted by molar-refractivity contribution is -0.120. The molecule has 3 nitrogen and oxygen atoms in total. The van der Waals surface area contributed by atoms with E-state index in [-0.39, 0.29) is 11.9 Å². The van der Waals surface area contributed by atoms with Gasteiger partial charge in [-0.05, 0) is 12.3 Å². The molecule has 0 radical (unpaired) electrons. The molecular weight excluding hydrogens is 188 g/mol. The van der Waals surface area contributed by atoms with E-state index in [2.05, 4.69) is 19.2 Å². The van der Waals surface area contributed by atoms with Crippen LogP contribution in [0.4, 0.5) is 0 Å². The van der Waals surface area contributed by atoms with Crippen LogP contribution in [-0.4, -0.2) is 18.0 Å². The molecule has 0 aromatic carbocycles. The molecule has 1 aliphatic carbocycles. The molecule has 1 saturated carbocycles. The summed E-state index contributed by atoms with van der Waals surface area (Å²) in [7, 11) is 0. The number of amides is 1. The first-order valence-electron chi connectivity index (χ1n) is 6.15. The van der Waals surface area contributed by atoms with E-state index in [1.807, 2.05) is 0 Å². The number of carbonyl (C=O) groups is 1.